The first-order valence-electron chi connectivity index (χ1n) is 8.85. The van der Waals surface area contributed by atoms with E-state index in [0.717, 1.165) is 31.6 Å². The lowest BCUT2D eigenvalue weighted by atomic mass is 9.89. The van der Waals surface area contributed by atoms with Crippen molar-refractivity contribution in [2.24, 2.45) is 5.73 Å². The van der Waals surface area contributed by atoms with Crippen LogP contribution in [0, 0.1) is 0 Å². The van der Waals surface area contributed by atoms with Crippen molar-refractivity contribution in [1.29, 1.82) is 0 Å². The zero-order valence-corrected chi connectivity index (χ0v) is 14.4. The van der Waals surface area contributed by atoms with E-state index in [9.17, 15) is 9.59 Å². The van der Waals surface area contributed by atoms with Gasteiger partial charge in [0.1, 0.15) is 0 Å². The summed E-state index contributed by atoms with van der Waals surface area (Å²) >= 11 is 0. The Kier molecular flexibility index (Phi) is 5.49. The normalized spacial score (nSPS) is 15.1. The van der Waals surface area contributed by atoms with Crippen LogP contribution in [0.3, 0.4) is 0 Å². The number of Topliss-reactive ketones (excluding diaryl/α,β-unsaturated/α-hetero) is 1. The highest BCUT2D eigenvalue weighted by Gasteiger charge is 2.20. The van der Waals surface area contributed by atoms with E-state index < -0.39 is 5.91 Å². The van der Waals surface area contributed by atoms with Gasteiger partial charge >= 0.3 is 0 Å². The minimum atomic E-state index is -0.439. The molecule has 0 unspecified atom stereocenters. The number of benzene rings is 2. The quantitative estimate of drug-likeness (QED) is 0.821. The fraction of sp³-hybridized carbons (Fsp3) is 0.333. The number of rotatable bonds is 6. The van der Waals surface area contributed by atoms with E-state index >= 15 is 0 Å². The Morgan fingerprint density at radius 1 is 0.920 bits per heavy atom. The van der Waals surface area contributed by atoms with Crippen LogP contribution in [0.4, 0.5) is 5.69 Å². The molecule has 1 fully saturated rings. The first kappa shape index (κ1) is 17.2. The third-order valence-electron chi connectivity index (χ3n) is 4.92. The lowest BCUT2D eigenvalue weighted by Crippen LogP contribution is -2.32. The first-order chi connectivity index (χ1) is 12.1. The number of primary amides is 1. The second-order valence-corrected chi connectivity index (χ2v) is 6.61. The van der Waals surface area contributed by atoms with E-state index in [0.29, 0.717) is 11.5 Å². The highest BCUT2D eigenvalue weighted by molar-refractivity contribution is 5.98. The third-order valence-corrected chi connectivity index (χ3v) is 4.92. The summed E-state index contributed by atoms with van der Waals surface area (Å²) < 4.78 is 0. The number of anilines is 1. The lowest BCUT2D eigenvalue weighted by Gasteiger charge is -2.34. The van der Waals surface area contributed by atoms with Gasteiger partial charge in [0, 0.05) is 37.2 Å². The highest BCUT2D eigenvalue weighted by atomic mass is 16.1. The number of piperidine rings is 1. The standard InChI is InChI=1S/C21H24N2O2/c22-21(25)11-10-20(24)18-6-8-19(9-7-18)23-14-12-17(13-15-23)16-4-2-1-3-5-16/h1-9,17H,10-15H2,(H2,22,25). The van der Waals surface area contributed by atoms with Gasteiger partial charge in [-0.3, -0.25) is 9.59 Å². The smallest absolute Gasteiger partial charge is 0.217 e. The number of carbonyl (C=O) groups excluding carboxylic acids is 2. The van der Waals surface area contributed by atoms with Crippen LogP contribution in [0.5, 0.6) is 0 Å². The molecule has 2 aromatic carbocycles. The van der Waals surface area contributed by atoms with Crippen molar-refractivity contribution >= 4 is 17.4 Å². The molecule has 1 aliphatic heterocycles. The van der Waals surface area contributed by atoms with Crippen LogP contribution >= 0.6 is 0 Å². The summed E-state index contributed by atoms with van der Waals surface area (Å²) in [5.74, 6) is 0.159. The van der Waals surface area contributed by atoms with Crippen LogP contribution in [0.2, 0.25) is 0 Å². The number of ketones is 1. The largest absolute Gasteiger partial charge is 0.371 e. The molecule has 1 saturated heterocycles. The summed E-state index contributed by atoms with van der Waals surface area (Å²) in [4.78, 5) is 25.2. The summed E-state index contributed by atoms with van der Waals surface area (Å²) in [7, 11) is 0. The average molecular weight is 336 g/mol. The van der Waals surface area contributed by atoms with Crippen molar-refractivity contribution in [3.8, 4) is 0 Å². The molecule has 4 heteroatoms. The molecule has 0 bridgehead atoms. The molecule has 1 amide bonds. The Morgan fingerprint density at radius 2 is 1.56 bits per heavy atom. The molecule has 0 spiro atoms. The number of carbonyl (C=O) groups is 2. The van der Waals surface area contributed by atoms with Gasteiger partial charge in [0.25, 0.3) is 0 Å². The van der Waals surface area contributed by atoms with Crippen molar-refractivity contribution in [3.05, 3.63) is 65.7 Å². The van der Waals surface area contributed by atoms with Crippen LogP contribution in [0.1, 0.15) is 47.5 Å². The van der Waals surface area contributed by atoms with Gasteiger partial charge in [-0.05, 0) is 48.6 Å². The van der Waals surface area contributed by atoms with Crippen molar-refractivity contribution in [3.63, 3.8) is 0 Å². The Balaban J connectivity index is 1.57. The molecule has 3 rings (SSSR count). The second kappa shape index (κ2) is 7.97. The van der Waals surface area contributed by atoms with Gasteiger partial charge < -0.3 is 10.6 Å². The van der Waals surface area contributed by atoms with E-state index in [4.69, 9.17) is 5.73 Å². The zero-order chi connectivity index (χ0) is 17.6. The molecule has 0 radical (unpaired) electrons. The minimum Gasteiger partial charge on any atom is -0.371 e. The molecule has 1 aliphatic rings. The topological polar surface area (TPSA) is 63.4 Å². The molecule has 1 heterocycles. The Morgan fingerprint density at radius 3 is 2.16 bits per heavy atom. The number of nitrogens with zero attached hydrogens (tertiary/aromatic N) is 1. The van der Waals surface area contributed by atoms with Crippen molar-refractivity contribution in [1.82, 2.24) is 0 Å². The van der Waals surface area contributed by atoms with Crippen molar-refractivity contribution < 1.29 is 9.59 Å². The molecule has 4 nitrogen and oxygen atoms in total. The van der Waals surface area contributed by atoms with E-state index in [1.54, 1.807) is 0 Å². The molecule has 25 heavy (non-hydrogen) atoms. The van der Waals surface area contributed by atoms with Gasteiger partial charge in [-0.15, -0.1) is 0 Å². The average Bonchev–Trinajstić information content (AvgIpc) is 2.67. The molecule has 0 saturated carbocycles. The van der Waals surface area contributed by atoms with Gasteiger partial charge in [0.05, 0.1) is 0 Å². The number of amides is 1. The number of hydrogen-bond donors (Lipinski definition) is 1. The SMILES string of the molecule is NC(=O)CCC(=O)c1ccc(N2CCC(c3ccccc3)CC2)cc1. The van der Waals surface area contributed by atoms with Crippen LogP contribution in [-0.2, 0) is 4.79 Å². The highest BCUT2D eigenvalue weighted by Crippen LogP contribution is 2.30. The Labute approximate surface area is 148 Å². The van der Waals surface area contributed by atoms with Crippen LogP contribution in [-0.4, -0.2) is 24.8 Å². The number of hydrogen-bond acceptors (Lipinski definition) is 3. The van der Waals surface area contributed by atoms with E-state index in [1.165, 1.54) is 5.56 Å². The molecule has 0 aliphatic carbocycles. The fourth-order valence-electron chi connectivity index (χ4n) is 3.44. The predicted molar refractivity (Wildman–Crippen MR) is 99.8 cm³/mol. The monoisotopic (exact) mass is 336 g/mol. The van der Waals surface area contributed by atoms with Crippen LogP contribution < -0.4 is 10.6 Å². The molecular weight excluding hydrogens is 312 g/mol. The molecule has 0 aromatic heterocycles. The molecular formula is C21H24N2O2. The zero-order valence-electron chi connectivity index (χ0n) is 14.4. The van der Waals surface area contributed by atoms with Gasteiger partial charge in [0.2, 0.25) is 5.91 Å². The summed E-state index contributed by atoms with van der Waals surface area (Å²) in [5, 5.41) is 0. The van der Waals surface area contributed by atoms with Crippen molar-refractivity contribution in [2.45, 2.75) is 31.6 Å². The van der Waals surface area contributed by atoms with Gasteiger partial charge in [0.15, 0.2) is 5.78 Å². The lowest BCUT2D eigenvalue weighted by molar-refractivity contribution is -0.118. The molecule has 2 aromatic rings. The molecule has 130 valence electrons. The second-order valence-electron chi connectivity index (χ2n) is 6.61. The van der Waals surface area contributed by atoms with E-state index in [1.807, 2.05) is 24.3 Å². The minimum absolute atomic E-state index is 0.0341. The van der Waals surface area contributed by atoms with E-state index in [-0.39, 0.29) is 18.6 Å². The fourth-order valence-corrected chi connectivity index (χ4v) is 3.44. The van der Waals surface area contributed by atoms with Crippen LogP contribution in [0.15, 0.2) is 54.6 Å². The summed E-state index contributed by atoms with van der Waals surface area (Å²) in [6.45, 7) is 2.04. The first-order valence-corrected chi connectivity index (χ1v) is 8.85. The maximum absolute atomic E-state index is 12.0. The van der Waals surface area contributed by atoms with Gasteiger partial charge in [-0.1, -0.05) is 30.3 Å². The van der Waals surface area contributed by atoms with Gasteiger partial charge in [-0.2, -0.15) is 0 Å². The van der Waals surface area contributed by atoms with Crippen molar-refractivity contribution in [2.75, 3.05) is 18.0 Å². The maximum Gasteiger partial charge on any atom is 0.217 e. The summed E-state index contributed by atoms with van der Waals surface area (Å²) in [6, 6.07) is 18.4. The maximum atomic E-state index is 12.0. The molecule has 2 N–H and O–H groups in total. The van der Waals surface area contributed by atoms with E-state index in [2.05, 4.69) is 35.2 Å². The predicted octanol–water partition coefficient (Wildman–Crippen LogP) is 3.52. The molecule has 0 atom stereocenters. The Bertz CT molecular complexity index is 717. The van der Waals surface area contributed by atoms with Crippen LogP contribution in [0.25, 0.3) is 0 Å². The number of nitrogens with two attached hydrogens (primary N) is 1. The van der Waals surface area contributed by atoms with Gasteiger partial charge in [-0.25, -0.2) is 0 Å². The Hall–Kier alpha value is -2.62. The summed E-state index contributed by atoms with van der Waals surface area (Å²) in [6.07, 6.45) is 2.57. The third kappa shape index (κ3) is 4.47. The summed E-state index contributed by atoms with van der Waals surface area (Å²) in [5.41, 5.74) is 8.32.